The Morgan fingerprint density at radius 3 is 2.47 bits per heavy atom. The number of anilines is 1. The molecule has 4 rings (SSSR count). The van der Waals surface area contributed by atoms with Gasteiger partial charge in [0.2, 0.25) is 0 Å². The maximum Gasteiger partial charge on any atom is 0.126 e. The third-order valence-corrected chi connectivity index (χ3v) is 5.25. The molecule has 0 saturated heterocycles. The van der Waals surface area contributed by atoms with Crippen molar-refractivity contribution in [1.82, 2.24) is 4.98 Å². The molecule has 0 spiro atoms. The summed E-state index contributed by atoms with van der Waals surface area (Å²) >= 11 is 0. The zero-order valence-corrected chi connectivity index (χ0v) is 17.5. The smallest absolute Gasteiger partial charge is 0.126 e. The number of benzene rings is 3. The standard InChI is InChI=1S/C27H28N2O/c1-2-7-24-14-12-22(20-29-27-10-5-6-16-28-27)19-26(24)30-17-15-21-11-13-23-8-3-4-9-25(23)18-21/h3-6,8-14,16,18-19H,2,7,15,17,20H2,1H3,(H,28,29). The second-order valence-electron chi connectivity index (χ2n) is 7.54. The molecule has 0 saturated carbocycles. The SMILES string of the molecule is CCCc1ccc(CNc2ccccn2)cc1OCCc1ccc2ccccc2c1. The molecule has 1 aromatic heterocycles. The van der Waals surface area contributed by atoms with Gasteiger partial charge >= 0.3 is 0 Å². The van der Waals surface area contributed by atoms with E-state index in [0.717, 1.165) is 37.4 Å². The van der Waals surface area contributed by atoms with Crippen molar-refractivity contribution in [1.29, 1.82) is 0 Å². The highest BCUT2D eigenvalue weighted by Crippen LogP contribution is 2.23. The highest BCUT2D eigenvalue weighted by molar-refractivity contribution is 5.82. The first kappa shape index (κ1) is 20.0. The predicted octanol–water partition coefficient (Wildman–Crippen LogP) is 6.42. The fourth-order valence-electron chi connectivity index (χ4n) is 3.65. The first-order valence-electron chi connectivity index (χ1n) is 10.7. The molecule has 0 amide bonds. The van der Waals surface area contributed by atoms with E-state index in [1.54, 1.807) is 6.20 Å². The average molecular weight is 397 g/mol. The van der Waals surface area contributed by atoms with Crippen molar-refractivity contribution in [3.8, 4) is 5.75 Å². The normalized spacial score (nSPS) is 10.8. The Labute approximate surface area is 178 Å². The summed E-state index contributed by atoms with van der Waals surface area (Å²) in [6.07, 6.45) is 4.83. The molecule has 4 aromatic rings. The minimum absolute atomic E-state index is 0.673. The lowest BCUT2D eigenvalue weighted by Gasteiger charge is -2.14. The monoisotopic (exact) mass is 396 g/mol. The number of aromatic nitrogens is 1. The number of aryl methyl sites for hydroxylation is 1. The van der Waals surface area contributed by atoms with Crippen LogP contribution in [0, 0.1) is 0 Å². The molecule has 152 valence electrons. The third kappa shape index (κ3) is 5.18. The van der Waals surface area contributed by atoms with E-state index < -0.39 is 0 Å². The molecule has 0 aliphatic heterocycles. The highest BCUT2D eigenvalue weighted by Gasteiger charge is 2.06. The fraction of sp³-hybridized carbons (Fsp3) is 0.222. The van der Waals surface area contributed by atoms with Gasteiger partial charge in [0.25, 0.3) is 0 Å². The maximum atomic E-state index is 6.26. The summed E-state index contributed by atoms with van der Waals surface area (Å²) in [7, 11) is 0. The van der Waals surface area contributed by atoms with Gasteiger partial charge in [-0.05, 0) is 52.1 Å². The molecule has 1 N–H and O–H groups in total. The first-order valence-corrected chi connectivity index (χ1v) is 10.7. The number of pyridine rings is 1. The minimum atomic E-state index is 0.673. The van der Waals surface area contributed by atoms with Crippen LogP contribution in [0.25, 0.3) is 10.8 Å². The summed E-state index contributed by atoms with van der Waals surface area (Å²) in [6, 6.07) is 27.6. The summed E-state index contributed by atoms with van der Waals surface area (Å²) in [5, 5.41) is 5.93. The van der Waals surface area contributed by atoms with Crippen LogP contribution in [0.5, 0.6) is 5.75 Å². The Hall–Kier alpha value is -3.33. The van der Waals surface area contributed by atoms with E-state index in [0.29, 0.717) is 6.61 Å². The van der Waals surface area contributed by atoms with E-state index in [4.69, 9.17) is 4.74 Å². The second kappa shape index (κ2) is 9.93. The molecule has 0 radical (unpaired) electrons. The van der Waals surface area contributed by atoms with Crippen molar-refractivity contribution in [2.24, 2.45) is 0 Å². The van der Waals surface area contributed by atoms with Crippen molar-refractivity contribution in [3.63, 3.8) is 0 Å². The molecule has 0 aliphatic carbocycles. The van der Waals surface area contributed by atoms with Gasteiger partial charge in [0.15, 0.2) is 0 Å². The predicted molar refractivity (Wildman–Crippen MR) is 125 cm³/mol. The molecule has 0 unspecified atom stereocenters. The average Bonchev–Trinajstić information content (AvgIpc) is 2.80. The Morgan fingerprint density at radius 2 is 1.63 bits per heavy atom. The van der Waals surface area contributed by atoms with Crippen LogP contribution < -0.4 is 10.1 Å². The number of rotatable bonds is 9. The third-order valence-electron chi connectivity index (χ3n) is 5.25. The molecule has 3 heteroatoms. The topological polar surface area (TPSA) is 34.2 Å². The molecular weight excluding hydrogens is 368 g/mol. The number of nitrogens with zero attached hydrogens (tertiary/aromatic N) is 1. The minimum Gasteiger partial charge on any atom is -0.493 e. The van der Waals surface area contributed by atoms with E-state index in [1.807, 2.05) is 18.2 Å². The van der Waals surface area contributed by atoms with Gasteiger partial charge in [-0.1, -0.05) is 74.0 Å². The first-order chi connectivity index (χ1) is 14.8. The van der Waals surface area contributed by atoms with Gasteiger partial charge in [0, 0.05) is 19.2 Å². The number of fused-ring (bicyclic) bond motifs is 1. The van der Waals surface area contributed by atoms with Gasteiger partial charge in [-0.15, -0.1) is 0 Å². The molecule has 30 heavy (non-hydrogen) atoms. The molecule has 0 atom stereocenters. The van der Waals surface area contributed by atoms with Gasteiger partial charge in [0.1, 0.15) is 11.6 Å². The Morgan fingerprint density at radius 1 is 0.800 bits per heavy atom. The van der Waals surface area contributed by atoms with E-state index in [-0.39, 0.29) is 0 Å². The lowest BCUT2D eigenvalue weighted by atomic mass is 10.0. The van der Waals surface area contributed by atoms with Crippen LogP contribution in [0.2, 0.25) is 0 Å². The van der Waals surface area contributed by atoms with Crippen LogP contribution in [0.3, 0.4) is 0 Å². The van der Waals surface area contributed by atoms with Crippen molar-refractivity contribution in [2.75, 3.05) is 11.9 Å². The molecule has 0 bridgehead atoms. The zero-order chi connectivity index (χ0) is 20.6. The van der Waals surface area contributed by atoms with Crippen molar-refractivity contribution < 1.29 is 4.74 Å². The largest absolute Gasteiger partial charge is 0.493 e. The Kier molecular flexibility index (Phi) is 6.61. The summed E-state index contributed by atoms with van der Waals surface area (Å²) in [5.74, 6) is 1.88. The Bertz CT molecular complexity index is 1090. The molecule has 0 fully saturated rings. The van der Waals surface area contributed by atoms with Gasteiger partial charge in [-0.25, -0.2) is 4.98 Å². The Balaban J connectivity index is 1.41. The van der Waals surface area contributed by atoms with Crippen LogP contribution in [0.4, 0.5) is 5.82 Å². The van der Waals surface area contributed by atoms with Gasteiger partial charge < -0.3 is 10.1 Å². The van der Waals surface area contributed by atoms with E-state index >= 15 is 0 Å². The quantitative estimate of drug-likeness (QED) is 0.354. The number of hydrogen-bond donors (Lipinski definition) is 1. The van der Waals surface area contributed by atoms with Crippen LogP contribution >= 0.6 is 0 Å². The van der Waals surface area contributed by atoms with Crippen molar-refractivity contribution in [2.45, 2.75) is 32.7 Å². The number of hydrogen-bond acceptors (Lipinski definition) is 3. The lowest BCUT2D eigenvalue weighted by molar-refractivity contribution is 0.318. The van der Waals surface area contributed by atoms with Crippen molar-refractivity contribution in [3.05, 3.63) is 102 Å². The summed E-state index contributed by atoms with van der Waals surface area (Å²) in [5.41, 5.74) is 3.78. The zero-order valence-electron chi connectivity index (χ0n) is 17.5. The van der Waals surface area contributed by atoms with Crippen LogP contribution in [0.1, 0.15) is 30.0 Å². The van der Waals surface area contributed by atoms with Crippen LogP contribution in [0.15, 0.2) is 85.1 Å². The van der Waals surface area contributed by atoms with Gasteiger partial charge in [-0.3, -0.25) is 0 Å². The fourth-order valence-corrected chi connectivity index (χ4v) is 3.65. The molecular formula is C27H28N2O. The maximum absolute atomic E-state index is 6.26. The van der Waals surface area contributed by atoms with E-state index in [1.165, 1.54) is 27.5 Å². The van der Waals surface area contributed by atoms with Crippen LogP contribution in [-0.4, -0.2) is 11.6 Å². The van der Waals surface area contributed by atoms with Gasteiger partial charge in [0.05, 0.1) is 6.61 Å². The van der Waals surface area contributed by atoms with Crippen LogP contribution in [-0.2, 0) is 19.4 Å². The number of nitrogens with one attached hydrogen (secondary N) is 1. The molecule has 0 aliphatic rings. The van der Waals surface area contributed by atoms with Gasteiger partial charge in [-0.2, -0.15) is 0 Å². The van der Waals surface area contributed by atoms with E-state index in [9.17, 15) is 0 Å². The molecule has 1 heterocycles. The highest BCUT2D eigenvalue weighted by atomic mass is 16.5. The molecule has 3 aromatic carbocycles. The molecule has 3 nitrogen and oxygen atoms in total. The lowest BCUT2D eigenvalue weighted by Crippen LogP contribution is -2.06. The second-order valence-corrected chi connectivity index (χ2v) is 7.54. The number of ether oxygens (including phenoxy) is 1. The summed E-state index contributed by atoms with van der Waals surface area (Å²) in [6.45, 7) is 3.60. The summed E-state index contributed by atoms with van der Waals surface area (Å²) in [4.78, 5) is 4.33. The van der Waals surface area contributed by atoms with E-state index in [2.05, 4.69) is 77.9 Å². The van der Waals surface area contributed by atoms with Crippen molar-refractivity contribution >= 4 is 16.6 Å². The summed E-state index contributed by atoms with van der Waals surface area (Å²) < 4.78 is 6.26.